The first-order valence-electron chi connectivity index (χ1n) is 44.1. The summed E-state index contributed by atoms with van der Waals surface area (Å²) in [6.07, 6.45) is 27.6. The van der Waals surface area contributed by atoms with Crippen molar-refractivity contribution < 1.29 is 38.2 Å². The Bertz CT molecular complexity index is 5340. The standard InChI is InChI=1S/C27H36N8O3.C27H33N5O3.C23H29N7O.C18H19ClN4O/c1-27(2,3)38-26(37)35(10-8-21(14-28)33-29)17-24(36)34-11-9-23-20(16-34)15-30-25(32-23)31-22-12-18-6-4-5-7-19(18)13-22;1-5-6-12-32(26(34)35-27(2,3)4)18-24(33)31-13-11-23-21(17-31)16-28-25(30-23)29-22-14-19-9-7-8-10-20(19)15-22;24-13-19(29-25)7-3-4-8-22(31)30-10-9-21-18(15-30)14-26-23(28-21)27-20-11-16-5-1-2-6-17(16)12-20;19-9-17(24)23-6-5-16-14(11-23)10-20-18(22-16)21-15-7-12-3-1-2-4-13(12)8-15/h4-7,14-15,22,28H,8-13,16-17,29H2,1-3H3,(H,30,31,32);1,7-10,16,22H,6,11-15,17-18H2,2-4H3,(H,28,29,30);1-2,5-6,13-14,20,24H,3-4,7-12,15,25H2,(H,26,27,28);1-4,10,15H,5-9,11H2,(H,20,21,22)/b28-14?,33-21-;;24-13?,29-19-;. The van der Waals surface area contributed by atoms with Gasteiger partial charge in [-0.3, -0.25) is 29.0 Å². The fraction of sp³-hybridized carbons (Fsp3) is 0.453. The van der Waals surface area contributed by atoms with Gasteiger partial charge in [0.05, 0.1) is 34.2 Å². The number of terminal acetylenes is 1. The fourth-order valence-electron chi connectivity index (χ4n) is 17.0. The molecule has 0 fully saturated rings. The summed E-state index contributed by atoms with van der Waals surface area (Å²) in [5.74, 6) is 15.4. The van der Waals surface area contributed by atoms with Crippen LogP contribution in [0, 0.1) is 23.2 Å². The maximum atomic E-state index is 13.2. The molecule has 8 aromatic rings. The van der Waals surface area contributed by atoms with Gasteiger partial charge in [-0.15, -0.1) is 23.9 Å². The van der Waals surface area contributed by atoms with Crippen molar-refractivity contribution in [2.24, 2.45) is 21.9 Å². The Morgan fingerprint density at radius 3 is 1.01 bits per heavy atom. The quantitative estimate of drug-likeness (QED) is 0.00658. The minimum Gasteiger partial charge on any atom is -0.444 e. The van der Waals surface area contributed by atoms with Gasteiger partial charge in [-0.05, 0) is 157 Å². The van der Waals surface area contributed by atoms with E-state index in [1.165, 1.54) is 54.3 Å². The highest BCUT2D eigenvalue weighted by Crippen LogP contribution is 2.31. The van der Waals surface area contributed by atoms with Crippen LogP contribution in [-0.2, 0) is 132 Å². The second kappa shape index (κ2) is 43.4. The van der Waals surface area contributed by atoms with Crippen molar-refractivity contribution in [3.05, 3.63) is 211 Å². The molecule has 0 radical (unpaired) electrons. The highest BCUT2D eigenvalue weighted by molar-refractivity contribution is 6.29. The molecule has 4 aliphatic heterocycles. The first kappa shape index (κ1) is 92.6. The Morgan fingerprint density at radius 1 is 0.445 bits per heavy atom. The summed E-state index contributed by atoms with van der Waals surface area (Å²) in [4.78, 5) is 123. The zero-order valence-electron chi connectivity index (χ0n) is 74.0. The number of halogens is 1. The molecule has 16 rings (SSSR count). The SMILES string of the molecule is C#CCCN(CC(=O)N1CCc2nc(NC3Cc4ccccc4C3)ncc2C1)C(=O)OC(C)(C)C.CC(C)(C)OC(=O)N(CC/C(C=N)=N/N)CC(=O)N1CCc2nc(NC3Cc4ccccc4C3)ncc2C1.N=C/C(CCCCC(=O)N1CCc2nc(NC3Cc4ccccc4C3)ncc2C1)=N\N.O=C(CCl)N1CCc2nc(NC3Cc4ccccc4C3)ncc2C1. The van der Waals surface area contributed by atoms with Crippen LogP contribution in [0.3, 0.4) is 0 Å². The number of nitrogens with one attached hydrogen (secondary N) is 6. The third-order valence-electron chi connectivity index (χ3n) is 23.7. The number of nitrogens with two attached hydrogens (primary N) is 2. The Labute approximate surface area is 753 Å². The van der Waals surface area contributed by atoms with Gasteiger partial charge in [0.15, 0.2) is 0 Å². The molecule has 0 bridgehead atoms. The largest absolute Gasteiger partial charge is 0.444 e. The van der Waals surface area contributed by atoms with E-state index >= 15 is 0 Å². The fourth-order valence-corrected chi connectivity index (χ4v) is 17.2. The highest BCUT2D eigenvalue weighted by Gasteiger charge is 2.34. The van der Waals surface area contributed by atoms with E-state index in [0.717, 1.165) is 135 Å². The molecular formula is C95H117ClN24O8. The number of fused-ring (bicyclic) bond motifs is 8. The minimum absolute atomic E-state index is 0.0259. The second-order valence-electron chi connectivity index (χ2n) is 35.4. The van der Waals surface area contributed by atoms with Gasteiger partial charge >= 0.3 is 12.2 Å². The van der Waals surface area contributed by atoms with Gasteiger partial charge in [-0.25, -0.2) is 49.5 Å². The molecule has 10 N–H and O–H groups in total. The number of amides is 6. The van der Waals surface area contributed by atoms with Crippen LogP contribution in [0.4, 0.5) is 33.4 Å². The molecule has 4 aromatic carbocycles. The number of alkyl halides is 1. The number of unbranched alkanes of at least 4 members (excludes halogenated alkanes) is 1. The van der Waals surface area contributed by atoms with Crippen LogP contribution in [0.25, 0.3) is 0 Å². The zero-order chi connectivity index (χ0) is 90.4. The van der Waals surface area contributed by atoms with Gasteiger partial charge in [0.1, 0.15) is 30.2 Å². The Morgan fingerprint density at radius 2 is 0.727 bits per heavy atom. The van der Waals surface area contributed by atoms with E-state index in [4.69, 9.17) is 65.0 Å². The molecule has 4 aromatic heterocycles. The van der Waals surface area contributed by atoms with E-state index in [0.29, 0.717) is 132 Å². The molecule has 6 amide bonds. The van der Waals surface area contributed by atoms with Crippen LogP contribution in [0.15, 0.2) is 132 Å². The van der Waals surface area contributed by atoms with Gasteiger partial charge in [0.2, 0.25) is 47.4 Å². The van der Waals surface area contributed by atoms with Crippen LogP contribution in [0.1, 0.15) is 170 Å². The molecular weight excluding hydrogens is 1640 g/mol. The highest BCUT2D eigenvalue weighted by atomic mass is 35.5. The lowest BCUT2D eigenvalue weighted by Crippen LogP contribution is -2.46. The van der Waals surface area contributed by atoms with Crippen molar-refractivity contribution in [3.8, 4) is 12.3 Å². The van der Waals surface area contributed by atoms with Crippen molar-refractivity contribution in [1.82, 2.24) is 69.3 Å². The average Bonchev–Trinajstić information content (AvgIpc) is 1.44. The molecule has 128 heavy (non-hydrogen) atoms. The molecule has 0 saturated carbocycles. The van der Waals surface area contributed by atoms with Gasteiger partial charge in [-0.2, -0.15) is 10.2 Å². The molecule has 8 heterocycles. The number of hydrogen-bond donors (Lipinski definition) is 8. The molecule has 0 unspecified atom stereocenters. The zero-order valence-corrected chi connectivity index (χ0v) is 74.7. The van der Waals surface area contributed by atoms with Gasteiger partial charge in [0.25, 0.3) is 0 Å². The Hall–Kier alpha value is -13.1. The smallest absolute Gasteiger partial charge is 0.410 e. The summed E-state index contributed by atoms with van der Waals surface area (Å²) >= 11 is 5.64. The molecule has 0 spiro atoms. The number of carbonyl (C=O) groups is 6. The predicted octanol–water partition coefficient (Wildman–Crippen LogP) is 10.4. The number of rotatable bonds is 25. The summed E-state index contributed by atoms with van der Waals surface area (Å²) in [6.45, 7) is 15.2. The normalized spacial score (nSPS) is 15.7. The average molecular weight is 1760 g/mol. The van der Waals surface area contributed by atoms with Crippen LogP contribution in [-0.4, -0.2) is 223 Å². The summed E-state index contributed by atoms with van der Waals surface area (Å²) in [5, 5.41) is 35.5. The van der Waals surface area contributed by atoms with Crippen LogP contribution < -0.4 is 33.0 Å². The molecule has 33 heteroatoms. The van der Waals surface area contributed by atoms with E-state index in [1.54, 1.807) is 68.6 Å². The lowest BCUT2D eigenvalue weighted by molar-refractivity contribution is -0.134. The van der Waals surface area contributed by atoms with Crippen molar-refractivity contribution in [2.75, 3.05) is 79.5 Å². The third kappa shape index (κ3) is 25.6. The molecule has 4 aliphatic carbocycles. The number of hydrazone groups is 2. The number of benzene rings is 4. The van der Waals surface area contributed by atoms with Crippen molar-refractivity contribution >= 4 is 95.1 Å². The first-order valence-corrected chi connectivity index (χ1v) is 44.6. The van der Waals surface area contributed by atoms with Gasteiger partial charge in [-0.1, -0.05) is 97.1 Å². The van der Waals surface area contributed by atoms with E-state index in [1.807, 2.05) is 17.3 Å². The van der Waals surface area contributed by atoms with Crippen LogP contribution in [0.5, 0.6) is 0 Å². The molecule has 0 saturated heterocycles. The number of ether oxygens (including phenoxy) is 2. The lowest BCUT2D eigenvalue weighted by atomic mass is 10.1. The topological polar surface area (TPSA) is 416 Å². The predicted molar refractivity (Wildman–Crippen MR) is 493 cm³/mol. The minimum atomic E-state index is -0.709. The molecule has 672 valence electrons. The summed E-state index contributed by atoms with van der Waals surface area (Å²) < 4.78 is 10.9. The number of anilines is 4. The van der Waals surface area contributed by atoms with Crippen LogP contribution >= 0.6 is 11.6 Å². The third-order valence-corrected chi connectivity index (χ3v) is 23.9. The molecule has 8 aliphatic rings. The maximum Gasteiger partial charge on any atom is 0.410 e. The van der Waals surface area contributed by atoms with Crippen molar-refractivity contribution in [1.29, 1.82) is 10.8 Å². The monoisotopic (exact) mass is 1760 g/mol. The summed E-state index contributed by atoms with van der Waals surface area (Å²) in [6, 6.07) is 35.3. The number of carbonyl (C=O) groups excluding carboxylic acids is 6. The second-order valence-corrected chi connectivity index (χ2v) is 35.6. The van der Waals surface area contributed by atoms with E-state index in [9.17, 15) is 28.8 Å². The van der Waals surface area contributed by atoms with E-state index < -0.39 is 23.4 Å². The molecule has 32 nitrogen and oxygen atoms in total. The number of hydrogen-bond acceptors (Lipinski definition) is 26. The van der Waals surface area contributed by atoms with E-state index in [-0.39, 0.29) is 74.2 Å². The van der Waals surface area contributed by atoms with E-state index in [2.05, 4.69) is 159 Å². The van der Waals surface area contributed by atoms with Gasteiger partial charge in [0, 0.05) is 194 Å². The maximum absolute atomic E-state index is 13.2. The first-order chi connectivity index (χ1) is 61.7. The Kier molecular flexibility index (Phi) is 31.4. The number of nitrogens with zero attached hydrogens (tertiary/aromatic N) is 16. The summed E-state index contributed by atoms with van der Waals surface area (Å²) in [5.41, 5.74) is 18.4. The summed E-state index contributed by atoms with van der Waals surface area (Å²) in [7, 11) is 0. The van der Waals surface area contributed by atoms with Crippen LogP contribution in [0.2, 0.25) is 0 Å². The van der Waals surface area contributed by atoms with Crippen molar-refractivity contribution in [3.63, 3.8) is 0 Å². The van der Waals surface area contributed by atoms with Crippen molar-refractivity contribution in [2.45, 2.75) is 219 Å². The molecule has 0 atom stereocenters. The van der Waals surface area contributed by atoms with Gasteiger partial charge < -0.3 is 72.8 Å². The lowest BCUT2D eigenvalue weighted by Gasteiger charge is -2.32. The number of aromatic nitrogens is 8. The Balaban J connectivity index is 0.000000147.